The number of pyridine rings is 1. The minimum absolute atomic E-state index is 0.0962. The molecule has 0 unspecified atom stereocenters. The number of carbonyl (C=O) groups is 1. The fourth-order valence-corrected chi connectivity index (χ4v) is 3.43. The molecule has 0 saturated heterocycles. The van der Waals surface area contributed by atoms with Crippen LogP contribution in [0.1, 0.15) is 34.3 Å². The molecule has 0 radical (unpaired) electrons. The van der Waals surface area contributed by atoms with Crippen LogP contribution in [0.4, 0.5) is 5.13 Å². The van der Waals surface area contributed by atoms with Gasteiger partial charge in [-0.2, -0.15) is 0 Å². The van der Waals surface area contributed by atoms with Gasteiger partial charge < -0.3 is 0 Å². The molecule has 0 aromatic carbocycles. The molecule has 0 spiro atoms. The molecule has 0 bridgehead atoms. The van der Waals surface area contributed by atoms with Crippen LogP contribution in [0.2, 0.25) is 0 Å². The summed E-state index contributed by atoms with van der Waals surface area (Å²) in [6, 6.07) is 2.95. The molecule has 1 aliphatic carbocycles. The van der Waals surface area contributed by atoms with Crippen molar-refractivity contribution >= 4 is 33.4 Å². The maximum atomic E-state index is 12.4. The zero-order valence-corrected chi connectivity index (χ0v) is 14.3. The quantitative estimate of drug-likeness (QED) is 0.734. The zero-order chi connectivity index (χ0) is 17.7. The third kappa shape index (κ3) is 2.64. The second-order valence-electron chi connectivity index (χ2n) is 5.95. The maximum absolute atomic E-state index is 12.4. The zero-order valence-electron chi connectivity index (χ0n) is 13.5. The van der Waals surface area contributed by atoms with Crippen molar-refractivity contribution in [2.75, 3.05) is 5.32 Å². The van der Waals surface area contributed by atoms with Crippen LogP contribution < -0.4 is 16.6 Å². The van der Waals surface area contributed by atoms with Crippen LogP contribution >= 0.6 is 11.3 Å². The maximum Gasteiger partial charge on any atom is 0.332 e. The van der Waals surface area contributed by atoms with Crippen LogP contribution in [-0.4, -0.2) is 30.2 Å². The number of aryl methyl sites for hydroxylation is 1. The van der Waals surface area contributed by atoms with Gasteiger partial charge in [0.1, 0.15) is 16.3 Å². The molecule has 0 atom stereocenters. The molecule has 128 valence electrons. The highest BCUT2D eigenvalue weighted by Crippen LogP contribution is 2.42. The molecule has 25 heavy (non-hydrogen) atoms. The molecule has 4 rings (SSSR count). The summed E-state index contributed by atoms with van der Waals surface area (Å²) in [5.41, 5.74) is -0.688. The Bertz CT molecular complexity index is 1120. The lowest BCUT2D eigenvalue weighted by molar-refractivity contribution is 0.102. The first kappa shape index (κ1) is 15.6. The first-order chi connectivity index (χ1) is 12.0. The Kier molecular flexibility index (Phi) is 3.49. The highest BCUT2D eigenvalue weighted by Gasteiger charge is 2.28. The number of nitrogens with one attached hydrogen (secondary N) is 1. The summed E-state index contributed by atoms with van der Waals surface area (Å²) < 4.78 is 2.24. The van der Waals surface area contributed by atoms with Gasteiger partial charge in [0.2, 0.25) is 5.13 Å². The summed E-state index contributed by atoms with van der Waals surface area (Å²) in [4.78, 5) is 40.7. The van der Waals surface area contributed by atoms with Gasteiger partial charge >= 0.3 is 5.69 Å². The van der Waals surface area contributed by atoms with E-state index in [1.807, 2.05) is 0 Å². The summed E-state index contributed by atoms with van der Waals surface area (Å²) in [5.74, 6) is 0.00112. The van der Waals surface area contributed by atoms with Gasteiger partial charge in [0.15, 0.2) is 0 Å². The van der Waals surface area contributed by atoms with Gasteiger partial charge in [-0.25, -0.2) is 9.78 Å². The van der Waals surface area contributed by atoms with Crippen molar-refractivity contribution in [1.82, 2.24) is 24.3 Å². The molecule has 3 aromatic rings. The number of fused-ring (bicyclic) bond motifs is 1. The summed E-state index contributed by atoms with van der Waals surface area (Å²) in [6.07, 6.45) is 2.22. The van der Waals surface area contributed by atoms with Gasteiger partial charge in [-0.15, -0.1) is 10.2 Å². The predicted molar refractivity (Wildman–Crippen MR) is 92.1 cm³/mol. The molecular formula is C15H14N6O3S. The van der Waals surface area contributed by atoms with E-state index in [-0.39, 0.29) is 16.7 Å². The Labute approximate surface area is 145 Å². The second kappa shape index (κ2) is 5.59. The molecule has 1 N–H and O–H groups in total. The van der Waals surface area contributed by atoms with Gasteiger partial charge in [-0.05, 0) is 25.0 Å². The Morgan fingerprint density at radius 3 is 2.68 bits per heavy atom. The highest BCUT2D eigenvalue weighted by atomic mass is 32.1. The SMILES string of the molecule is Cn1c(=O)c2ccc(C(=O)Nc3nnc(C4CC4)s3)nc2n(C)c1=O. The van der Waals surface area contributed by atoms with E-state index in [2.05, 4.69) is 20.5 Å². The largest absolute Gasteiger partial charge is 0.332 e. The summed E-state index contributed by atoms with van der Waals surface area (Å²) in [7, 11) is 2.91. The molecule has 3 heterocycles. The van der Waals surface area contributed by atoms with E-state index in [9.17, 15) is 14.4 Å². The number of hydrogen-bond acceptors (Lipinski definition) is 7. The Morgan fingerprint density at radius 2 is 1.96 bits per heavy atom. The van der Waals surface area contributed by atoms with E-state index >= 15 is 0 Å². The minimum atomic E-state index is -0.499. The molecule has 1 saturated carbocycles. The predicted octanol–water partition coefficient (Wildman–Crippen LogP) is 0.613. The first-order valence-corrected chi connectivity index (χ1v) is 8.49. The van der Waals surface area contributed by atoms with Crippen molar-refractivity contribution < 1.29 is 4.79 Å². The van der Waals surface area contributed by atoms with E-state index in [1.54, 1.807) is 0 Å². The van der Waals surface area contributed by atoms with Crippen LogP contribution in [0.25, 0.3) is 11.0 Å². The molecule has 9 nitrogen and oxygen atoms in total. The number of anilines is 1. The fourth-order valence-electron chi connectivity index (χ4n) is 2.52. The molecule has 1 aliphatic rings. The normalized spacial score (nSPS) is 14.0. The number of carbonyl (C=O) groups excluding carboxylic acids is 1. The van der Waals surface area contributed by atoms with Crippen LogP contribution in [-0.2, 0) is 14.1 Å². The second-order valence-corrected chi connectivity index (χ2v) is 6.96. The minimum Gasteiger partial charge on any atom is -0.295 e. The Balaban J connectivity index is 1.69. The fraction of sp³-hybridized carbons (Fsp3) is 0.333. The monoisotopic (exact) mass is 358 g/mol. The Hall–Kier alpha value is -2.88. The van der Waals surface area contributed by atoms with Gasteiger partial charge in [0, 0.05) is 20.0 Å². The third-order valence-electron chi connectivity index (χ3n) is 4.12. The summed E-state index contributed by atoms with van der Waals surface area (Å²) >= 11 is 1.35. The van der Waals surface area contributed by atoms with Gasteiger partial charge in [0.05, 0.1) is 5.39 Å². The molecule has 1 amide bonds. The van der Waals surface area contributed by atoms with E-state index in [1.165, 1.54) is 42.1 Å². The Morgan fingerprint density at radius 1 is 1.20 bits per heavy atom. The van der Waals surface area contributed by atoms with E-state index in [0.717, 1.165) is 22.4 Å². The van der Waals surface area contributed by atoms with Crippen LogP contribution in [0, 0.1) is 0 Å². The summed E-state index contributed by atoms with van der Waals surface area (Å²) in [6.45, 7) is 0. The van der Waals surface area contributed by atoms with Gasteiger partial charge in [-0.1, -0.05) is 11.3 Å². The molecule has 0 aliphatic heterocycles. The van der Waals surface area contributed by atoms with E-state index in [0.29, 0.717) is 11.0 Å². The van der Waals surface area contributed by atoms with E-state index in [4.69, 9.17) is 0 Å². The van der Waals surface area contributed by atoms with Gasteiger partial charge in [-0.3, -0.25) is 24.0 Å². The van der Waals surface area contributed by atoms with Crippen LogP contribution in [0.3, 0.4) is 0 Å². The van der Waals surface area contributed by atoms with Crippen molar-refractivity contribution in [1.29, 1.82) is 0 Å². The molecule has 3 aromatic heterocycles. The number of amides is 1. The standard InChI is InChI=1S/C15H14N6O3S/c1-20-10-8(13(23)21(2)15(20)24)5-6-9(16-10)11(22)17-14-19-18-12(25-14)7-3-4-7/h5-7H,3-4H2,1-2H3,(H,17,19,22). The molecule has 10 heteroatoms. The number of aromatic nitrogens is 5. The van der Waals surface area contributed by atoms with Crippen molar-refractivity contribution in [3.8, 4) is 0 Å². The average Bonchev–Trinajstić information content (AvgIpc) is 3.37. The van der Waals surface area contributed by atoms with Crippen molar-refractivity contribution in [2.45, 2.75) is 18.8 Å². The average molecular weight is 358 g/mol. The molecule has 1 fully saturated rings. The smallest absolute Gasteiger partial charge is 0.295 e. The first-order valence-electron chi connectivity index (χ1n) is 7.67. The van der Waals surface area contributed by atoms with Crippen LogP contribution in [0.5, 0.6) is 0 Å². The lowest BCUT2D eigenvalue weighted by Crippen LogP contribution is -2.37. The number of hydrogen-bond donors (Lipinski definition) is 1. The van der Waals surface area contributed by atoms with Crippen LogP contribution in [0.15, 0.2) is 21.7 Å². The lowest BCUT2D eigenvalue weighted by atomic mass is 10.2. The lowest BCUT2D eigenvalue weighted by Gasteiger charge is -2.07. The highest BCUT2D eigenvalue weighted by molar-refractivity contribution is 7.15. The van der Waals surface area contributed by atoms with E-state index < -0.39 is 17.2 Å². The topological polar surface area (TPSA) is 112 Å². The number of rotatable bonds is 3. The molecular weight excluding hydrogens is 344 g/mol. The summed E-state index contributed by atoms with van der Waals surface area (Å²) in [5, 5.41) is 12.3. The van der Waals surface area contributed by atoms with Gasteiger partial charge in [0.25, 0.3) is 11.5 Å². The van der Waals surface area contributed by atoms with Crippen molar-refractivity contribution in [3.05, 3.63) is 43.7 Å². The third-order valence-corrected chi connectivity index (χ3v) is 5.12. The van der Waals surface area contributed by atoms with Crippen molar-refractivity contribution in [3.63, 3.8) is 0 Å². The van der Waals surface area contributed by atoms with Crippen molar-refractivity contribution in [2.24, 2.45) is 14.1 Å². The number of nitrogens with zero attached hydrogens (tertiary/aromatic N) is 5.